The van der Waals surface area contributed by atoms with E-state index in [-0.39, 0.29) is 5.97 Å². The summed E-state index contributed by atoms with van der Waals surface area (Å²) < 4.78 is 8.78. The second-order valence-corrected chi connectivity index (χ2v) is 4.24. The Kier molecular flexibility index (Phi) is 3.15. The van der Waals surface area contributed by atoms with Gasteiger partial charge in [0, 0.05) is 24.0 Å². The Bertz CT molecular complexity index is 349. The molecule has 0 bridgehead atoms. The summed E-state index contributed by atoms with van der Waals surface area (Å²) in [5.74, 6) is 1.31. The van der Waals surface area contributed by atoms with Crippen LogP contribution in [-0.4, -0.2) is 29.0 Å². The lowest BCUT2D eigenvalue weighted by Crippen LogP contribution is -2.09. The molecule has 0 amide bonds. The number of anilines is 1. The Morgan fingerprint density at radius 2 is 2.47 bits per heavy atom. The quantitative estimate of drug-likeness (QED) is 0.770. The Hall–Kier alpha value is -1.17. The van der Waals surface area contributed by atoms with E-state index < -0.39 is 0 Å². The van der Waals surface area contributed by atoms with Crippen LogP contribution in [0.1, 0.15) is 31.0 Å². The fourth-order valence-electron chi connectivity index (χ4n) is 1.19. The highest BCUT2D eigenvalue weighted by atomic mass is 32.1. The molecule has 0 spiro atoms. The van der Waals surface area contributed by atoms with Crippen molar-refractivity contribution < 1.29 is 9.53 Å². The third-order valence-electron chi connectivity index (χ3n) is 2.22. The van der Waals surface area contributed by atoms with Gasteiger partial charge in [0.1, 0.15) is 5.82 Å². The second kappa shape index (κ2) is 4.57. The van der Waals surface area contributed by atoms with Crippen molar-refractivity contribution in [2.24, 2.45) is 0 Å². The number of carbonyl (C=O) groups excluding carboxylic acids is 1. The van der Waals surface area contributed by atoms with Crippen LogP contribution in [0.25, 0.3) is 0 Å². The van der Waals surface area contributed by atoms with Crippen LogP contribution in [0.3, 0.4) is 0 Å². The maximum absolute atomic E-state index is 10.8. The third-order valence-corrected chi connectivity index (χ3v) is 2.90. The van der Waals surface area contributed by atoms with Gasteiger partial charge in [0.2, 0.25) is 5.13 Å². The summed E-state index contributed by atoms with van der Waals surface area (Å²) >= 11 is 1.35. The highest BCUT2D eigenvalue weighted by molar-refractivity contribution is 7.09. The van der Waals surface area contributed by atoms with Gasteiger partial charge in [-0.15, -0.1) is 0 Å². The fourth-order valence-corrected chi connectivity index (χ4v) is 1.86. The number of nitrogens with one attached hydrogen (secondary N) is 1. The first-order chi connectivity index (χ1) is 7.29. The smallest absolute Gasteiger partial charge is 0.307 e. The van der Waals surface area contributed by atoms with Crippen molar-refractivity contribution >= 4 is 22.6 Å². The van der Waals surface area contributed by atoms with Gasteiger partial charge in [-0.05, 0) is 12.8 Å². The highest BCUT2D eigenvalue weighted by Gasteiger charge is 2.27. The first-order valence-corrected chi connectivity index (χ1v) is 5.71. The average molecular weight is 227 g/mol. The van der Waals surface area contributed by atoms with Crippen LogP contribution >= 0.6 is 11.5 Å². The van der Waals surface area contributed by atoms with Crippen LogP contribution in [0.15, 0.2) is 0 Å². The molecule has 1 N–H and O–H groups in total. The standard InChI is InChI=1S/C9H13N3O2S/c1-14-7(13)4-5-10-9-11-8(12-15-9)6-2-3-6/h6H,2-5H2,1H3,(H,10,11,12). The molecule has 0 atom stereocenters. The summed E-state index contributed by atoms with van der Waals surface area (Å²) in [4.78, 5) is 15.2. The van der Waals surface area contributed by atoms with Crippen LogP contribution in [-0.2, 0) is 9.53 Å². The molecule has 1 fully saturated rings. The number of rotatable bonds is 5. The number of hydrogen-bond donors (Lipinski definition) is 1. The van der Waals surface area contributed by atoms with E-state index in [1.165, 1.54) is 31.5 Å². The number of carbonyl (C=O) groups is 1. The molecule has 0 aliphatic heterocycles. The zero-order chi connectivity index (χ0) is 10.7. The Balaban J connectivity index is 1.75. The summed E-state index contributed by atoms with van der Waals surface area (Å²) in [5.41, 5.74) is 0. The van der Waals surface area contributed by atoms with Crippen LogP contribution in [0, 0.1) is 0 Å². The fraction of sp³-hybridized carbons (Fsp3) is 0.667. The molecule has 1 heterocycles. The summed E-state index contributed by atoms with van der Waals surface area (Å²) in [5, 5.41) is 3.85. The topological polar surface area (TPSA) is 64.1 Å². The van der Waals surface area contributed by atoms with Gasteiger partial charge in [0.15, 0.2) is 0 Å². The molecule has 15 heavy (non-hydrogen) atoms. The molecular formula is C9H13N3O2S. The van der Waals surface area contributed by atoms with Crippen molar-refractivity contribution in [3.05, 3.63) is 5.82 Å². The Morgan fingerprint density at radius 3 is 3.13 bits per heavy atom. The van der Waals surface area contributed by atoms with E-state index in [9.17, 15) is 4.79 Å². The minimum absolute atomic E-state index is 0.213. The van der Waals surface area contributed by atoms with Gasteiger partial charge in [0.05, 0.1) is 13.5 Å². The van der Waals surface area contributed by atoms with Crippen LogP contribution in [0.4, 0.5) is 5.13 Å². The third kappa shape index (κ3) is 2.89. The van der Waals surface area contributed by atoms with Crippen molar-refractivity contribution in [3.8, 4) is 0 Å². The van der Waals surface area contributed by atoms with E-state index in [1.807, 2.05) is 0 Å². The summed E-state index contributed by atoms with van der Waals surface area (Å²) in [6.07, 6.45) is 2.77. The molecule has 1 aromatic heterocycles. The summed E-state index contributed by atoms with van der Waals surface area (Å²) in [6.45, 7) is 0.548. The second-order valence-electron chi connectivity index (χ2n) is 3.48. The molecule has 1 aliphatic rings. The average Bonchev–Trinajstić information content (AvgIpc) is 2.99. The maximum Gasteiger partial charge on any atom is 0.307 e. The molecular weight excluding hydrogens is 214 g/mol. The van der Waals surface area contributed by atoms with Crippen LogP contribution in [0.5, 0.6) is 0 Å². The minimum Gasteiger partial charge on any atom is -0.469 e. The van der Waals surface area contributed by atoms with Gasteiger partial charge in [-0.25, -0.2) is 4.98 Å². The summed E-state index contributed by atoms with van der Waals surface area (Å²) in [7, 11) is 1.39. The van der Waals surface area contributed by atoms with Gasteiger partial charge < -0.3 is 10.1 Å². The first-order valence-electron chi connectivity index (χ1n) is 4.94. The van der Waals surface area contributed by atoms with E-state index in [0.717, 1.165) is 11.0 Å². The molecule has 0 aromatic carbocycles. The molecule has 6 heteroatoms. The van der Waals surface area contributed by atoms with Gasteiger partial charge in [-0.1, -0.05) is 0 Å². The number of nitrogens with zero attached hydrogens (tertiary/aromatic N) is 2. The van der Waals surface area contributed by atoms with Crippen molar-refractivity contribution in [1.29, 1.82) is 0 Å². The van der Waals surface area contributed by atoms with E-state index >= 15 is 0 Å². The lowest BCUT2D eigenvalue weighted by Gasteiger charge is -1.99. The predicted octanol–water partition coefficient (Wildman–Crippen LogP) is 1.39. The van der Waals surface area contributed by atoms with Crippen molar-refractivity contribution in [2.45, 2.75) is 25.2 Å². The van der Waals surface area contributed by atoms with Crippen molar-refractivity contribution in [3.63, 3.8) is 0 Å². The largest absolute Gasteiger partial charge is 0.469 e. The lowest BCUT2D eigenvalue weighted by molar-refractivity contribution is -0.140. The Labute approximate surface area is 92.0 Å². The van der Waals surface area contributed by atoms with E-state index in [0.29, 0.717) is 18.9 Å². The number of ether oxygens (including phenoxy) is 1. The SMILES string of the molecule is COC(=O)CCNc1nc(C2CC2)ns1. The van der Waals surface area contributed by atoms with E-state index in [2.05, 4.69) is 19.4 Å². The van der Waals surface area contributed by atoms with Crippen molar-refractivity contribution in [2.75, 3.05) is 19.0 Å². The first kappa shape index (κ1) is 10.4. The zero-order valence-corrected chi connectivity index (χ0v) is 9.34. The molecule has 1 aliphatic carbocycles. The lowest BCUT2D eigenvalue weighted by atomic mass is 10.4. The molecule has 0 radical (unpaired) electrons. The van der Waals surface area contributed by atoms with Gasteiger partial charge >= 0.3 is 5.97 Å². The van der Waals surface area contributed by atoms with Gasteiger partial charge in [-0.3, -0.25) is 4.79 Å². The number of aromatic nitrogens is 2. The molecule has 0 unspecified atom stereocenters. The van der Waals surface area contributed by atoms with Crippen molar-refractivity contribution in [1.82, 2.24) is 9.36 Å². The monoisotopic (exact) mass is 227 g/mol. The minimum atomic E-state index is -0.213. The number of esters is 1. The maximum atomic E-state index is 10.8. The Morgan fingerprint density at radius 1 is 1.67 bits per heavy atom. The molecule has 2 rings (SSSR count). The van der Waals surface area contributed by atoms with E-state index in [4.69, 9.17) is 0 Å². The molecule has 0 saturated heterocycles. The van der Waals surface area contributed by atoms with Crippen LogP contribution in [0.2, 0.25) is 0 Å². The summed E-state index contributed by atoms with van der Waals surface area (Å²) in [6, 6.07) is 0. The molecule has 1 aromatic rings. The highest BCUT2D eigenvalue weighted by Crippen LogP contribution is 2.39. The molecule has 1 saturated carbocycles. The predicted molar refractivity (Wildman–Crippen MR) is 57.0 cm³/mol. The van der Waals surface area contributed by atoms with Gasteiger partial charge in [-0.2, -0.15) is 4.37 Å². The van der Waals surface area contributed by atoms with Gasteiger partial charge in [0.25, 0.3) is 0 Å². The zero-order valence-electron chi connectivity index (χ0n) is 8.52. The van der Waals surface area contributed by atoms with E-state index in [1.54, 1.807) is 0 Å². The molecule has 5 nitrogen and oxygen atoms in total. The molecule has 82 valence electrons. The van der Waals surface area contributed by atoms with Crippen LogP contribution < -0.4 is 5.32 Å². The number of hydrogen-bond acceptors (Lipinski definition) is 6. The normalized spacial score (nSPS) is 15.0. The number of methoxy groups -OCH3 is 1.